The van der Waals surface area contributed by atoms with E-state index in [0.29, 0.717) is 12.0 Å². The maximum atomic E-state index is 6.30. The number of piperidine rings is 2. The lowest BCUT2D eigenvalue weighted by molar-refractivity contribution is 0.118. The topological polar surface area (TPSA) is 62.7 Å². The molecule has 2 aliphatic heterocycles. The summed E-state index contributed by atoms with van der Waals surface area (Å²) < 4.78 is 2.00. The van der Waals surface area contributed by atoms with Crippen LogP contribution in [0.1, 0.15) is 44.3 Å². The molecule has 1 aromatic rings. The SMILES string of the molecule is CC1CCCN(C(N)=NC[C@@H]2CCCN(C)[C@H]2c2ccnn2C)C1.I. The number of aliphatic imine (C=N–C) groups is 1. The van der Waals surface area contributed by atoms with Crippen LogP contribution in [0.5, 0.6) is 0 Å². The lowest BCUT2D eigenvalue weighted by Crippen LogP contribution is -2.44. The molecular weight excluding hydrogens is 427 g/mol. The average Bonchev–Trinajstić information content (AvgIpc) is 2.98. The second-order valence-electron chi connectivity index (χ2n) is 7.60. The number of likely N-dealkylation sites (tertiary alicyclic amines) is 2. The molecule has 2 saturated heterocycles. The van der Waals surface area contributed by atoms with Gasteiger partial charge in [0.15, 0.2) is 5.96 Å². The Bertz CT molecular complexity index is 572. The first-order chi connectivity index (χ1) is 11.6. The number of guanidine groups is 1. The summed E-state index contributed by atoms with van der Waals surface area (Å²) in [5.41, 5.74) is 7.58. The number of aromatic nitrogens is 2. The van der Waals surface area contributed by atoms with Crippen molar-refractivity contribution in [2.75, 3.05) is 33.2 Å². The van der Waals surface area contributed by atoms with E-state index in [-0.39, 0.29) is 24.0 Å². The molecule has 6 nitrogen and oxygen atoms in total. The van der Waals surface area contributed by atoms with Gasteiger partial charge < -0.3 is 10.6 Å². The maximum absolute atomic E-state index is 6.30. The van der Waals surface area contributed by atoms with Gasteiger partial charge in [-0.3, -0.25) is 14.6 Å². The normalized spacial score (nSPS) is 28.7. The molecule has 2 fully saturated rings. The fourth-order valence-electron chi connectivity index (χ4n) is 4.30. The molecule has 142 valence electrons. The summed E-state index contributed by atoms with van der Waals surface area (Å²) in [6.45, 7) is 6.33. The van der Waals surface area contributed by atoms with E-state index in [1.165, 1.54) is 31.4 Å². The predicted octanol–water partition coefficient (Wildman–Crippen LogP) is 2.47. The van der Waals surface area contributed by atoms with E-state index in [9.17, 15) is 0 Å². The summed E-state index contributed by atoms with van der Waals surface area (Å²) in [7, 11) is 4.24. The predicted molar refractivity (Wildman–Crippen MR) is 113 cm³/mol. The number of hydrogen-bond acceptors (Lipinski definition) is 3. The van der Waals surface area contributed by atoms with Gasteiger partial charge in [0.2, 0.25) is 0 Å². The van der Waals surface area contributed by atoms with Gasteiger partial charge >= 0.3 is 0 Å². The van der Waals surface area contributed by atoms with Crippen molar-refractivity contribution in [1.82, 2.24) is 19.6 Å². The van der Waals surface area contributed by atoms with E-state index in [0.717, 1.165) is 38.1 Å². The highest BCUT2D eigenvalue weighted by atomic mass is 127. The largest absolute Gasteiger partial charge is 0.370 e. The van der Waals surface area contributed by atoms with Crippen LogP contribution in [0.15, 0.2) is 17.3 Å². The number of nitrogens with zero attached hydrogens (tertiary/aromatic N) is 5. The first-order valence-electron chi connectivity index (χ1n) is 9.29. The zero-order chi connectivity index (χ0) is 17.1. The molecule has 0 amide bonds. The summed E-state index contributed by atoms with van der Waals surface area (Å²) in [6.07, 6.45) is 6.85. The van der Waals surface area contributed by atoms with E-state index in [2.05, 4.69) is 34.9 Å². The standard InChI is InChI=1S/C18H32N6.HI/c1-14-6-4-11-24(13-14)18(19)20-12-15-7-5-10-22(2)17(15)16-8-9-21-23(16)3;/h8-9,14-15,17H,4-7,10-13H2,1-3H3,(H2,19,20);1H/t14?,15-,17+;/m0./s1. The molecule has 25 heavy (non-hydrogen) atoms. The first-order valence-corrected chi connectivity index (χ1v) is 9.29. The van der Waals surface area contributed by atoms with Crippen LogP contribution in [-0.4, -0.2) is 58.8 Å². The van der Waals surface area contributed by atoms with Crippen molar-refractivity contribution in [2.24, 2.45) is 29.6 Å². The minimum absolute atomic E-state index is 0. The molecule has 7 heteroatoms. The Balaban J connectivity index is 0.00000225. The second-order valence-corrected chi connectivity index (χ2v) is 7.60. The molecule has 0 saturated carbocycles. The molecule has 3 rings (SSSR count). The van der Waals surface area contributed by atoms with Crippen LogP contribution in [0.2, 0.25) is 0 Å². The van der Waals surface area contributed by atoms with Gasteiger partial charge in [-0.2, -0.15) is 5.10 Å². The quantitative estimate of drug-likeness (QED) is 0.428. The number of halogens is 1. The van der Waals surface area contributed by atoms with Gasteiger partial charge in [-0.1, -0.05) is 6.92 Å². The first kappa shape index (κ1) is 20.5. The van der Waals surface area contributed by atoms with Crippen LogP contribution < -0.4 is 5.73 Å². The molecule has 2 N–H and O–H groups in total. The van der Waals surface area contributed by atoms with E-state index in [1.54, 1.807) is 0 Å². The summed E-state index contributed by atoms with van der Waals surface area (Å²) in [5, 5.41) is 4.36. The lowest BCUT2D eigenvalue weighted by Gasteiger charge is -2.39. The Morgan fingerprint density at radius 1 is 1.28 bits per heavy atom. The summed E-state index contributed by atoms with van der Waals surface area (Å²) >= 11 is 0. The minimum atomic E-state index is 0. The molecule has 2 aliphatic rings. The molecule has 0 spiro atoms. The van der Waals surface area contributed by atoms with Crippen LogP contribution in [0, 0.1) is 11.8 Å². The highest BCUT2D eigenvalue weighted by molar-refractivity contribution is 14.0. The van der Waals surface area contributed by atoms with Crippen molar-refractivity contribution in [3.05, 3.63) is 18.0 Å². The Labute approximate surface area is 168 Å². The van der Waals surface area contributed by atoms with Crippen molar-refractivity contribution < 1.29 is 0 Å². The van der Waals surface area contributed by atoms with E-state index in [4.69, 9.17) is 10.7 Å². The molecule has 3 heterocycles. The molecule has 0 bridgehead atoms. The Morgan fingerprint density at radius 3 is 2.72 bits per heavy atom. The van der Waals surface area contributed by atoms with Crippen LogP contribution in [-0.2, 0) is 7.05 Å². The Kier molecular flexibility index (Phi) is 7.54. The zero-order valence-corrected chi connectivity index (χ0v) is 18.1. The minimum Gasteiger partial charge on any atom is -0.370 e. The summed E-state index contributed by atoms with van der Waals surface area (Å²) in [4.78, 5) is 9.50. The monoisotopic (exact) mass is 460 g/mol. The van der Waals surface area contributed by atoms with Crippen molar-refractivity contribution >= 4 is 29.9 Å². The van der Waals surface area contributed by atoms with E-state index >= 15 is 0 Å². The number of hydrogen-bond donors (Lipinski definition) is 1. The van der Waals surface area contributed by atoms with Gasteiger partial charge in [0.25, 0.3) is 0 Å². The van der Waals surface area contributed by atoms with Crippen LogP contribution in [0.4, 0.5) is 0 Å². The van der Waals surface area contributed by atoms with Gasteiger partial charge in [-0.05, 0) is 57.2 Å². The lowest BCUT2D eigenvalue weighted by atomic mass is 9.87. The molecule has 1 aromatic heterocycles. The second kappa shape index (κ2) is 9.21. The molecular formula is C18H33IN6. The average molecular weight is 460 g/mol. The Hall–Kier alpha value is -0.830. The van der Waals surface area contributed by atoms with Gasteiger partial charge in [-0.25, -0.2) is 0 Å². The molecule has 3 atom stereocenters. The van der Waals surface area contributed by atoms with Crippen molar-refractivity contribution in [1.29, 1.82) is 0 Å². The van der Waals surface area contributed by atoms with Crippen LogP contribution in [0.25, 0.3) is 0 Å². The summed E-state index contributed by atoms with van der Waals surface area (Å²) in [5.74, 6) is 1.95. The van der Waals surface area contributed by atoms with Gasteiger partial charge in [-0.15, -0.1) is 24.0 Å². The highest BCUT2D eigenvalue weighted by Crippen LogP contribution is 2.34. The van der Waals surface area contributed by atoms with Gasteiger partial charge in [0.05, 0.1) is 11.7 Å². The third-order valence-electron chi connectivity index (χ3n) is 5.64. The number of rotatable bonds is 3. The zero-order valence-electron chi connectivity index (χ0n) is 15.8. The molecule has 0 aromatic carbocycles. The van der Waals surface area contributed by atoms with Crippen molar-refractivity contribution in [2.45, 2.75) is 38.6 Å². The highest BCUT2D eigenvalue weighted by Gasteiger charge is 2.32. The van der Waals surface area contributed by atoms with Crippen LogP contribution >= 0.6 is 24.0 Å². The molecule has 0 aliphatic carbocycles. The van der Waals surface area contributed by atoms with Gasteiger partial charge in [0, 0.05) is 32.9 Å². The Morgan fingerprint density at radius 2 is 2.04 bits per heavy atom. The van der Waals surface area contributed by atoms with E-state index < -0.39 is 0 Å². The van der Waals surface area contributed by atoms with Crippen molar-refractivity contribution in [3.8, 4) is 0 Å². The number of nitrogens with two attached hydrogens (primary N) is 1. The third kappa shape index (κ3) is 4.87. The third-order valence-corrected chi connectivity index (χ3v) is 5.64. The number of aryl methyl sites for hydroxylation is 1. The molecule has 1 unspecified atom stereocenters. The smallest absolute Gasteiger partial charge is 0.191 e. The molecule has 0 radical (unpaired) electrons. The van der Waals surface area contributed by atoms with Crippen LogP contribution in [0.3, 0.4) is 0 Å². The van der Waals surface area contributed by atoms with E-state index in [1.807, 2.05) is 17.9 Å². The summed E-state index contributed by atoms with van der Waals surface area (Å²) in [6, 6.07) is 2.52. The fourth-order valence-corrected chi connectivity index (χ4v) is 4.30. The van der Waals surface area contributed by atoms with Crippen molar-refractivity contribution in [3.63, 3.8) is 0 Å². The fraction of sp³-hybridized carbons (Fsp3) is 0.778. The van der Waals surface area contributed by atoms with Gasteiger partial charge in [0.1, 0.15) is 0 Å². The maximum Gasteiger partial charge on any atom is 0.191 e.